The minimum absolute atomic E-state index is 0.0225. The molecule has 3 aromatic rings. The molecule has 0 spiro atoms. The van der Waals surface area contributed by atoms with E-state index in [0.29, 0.717) is 11.3 Å². The van der Waals surface area contributed by atoms with E-state index in [9.17, 15) is 18.0 Å². The number of benzene rings is 3. The van der Waals surface area contributed by atoms with Crippen molar-refractivity contribution in [1.82, 2.24) is 10.0 Å². The van der Waals surface area contributed by atoms with Gasteiger partial charge in [-0.25, -0.2) is 8.42 Å². The highest BCUT2D eigenvalue weighted by atomic mass is 32.2. The average Bonchev–Trinajstić information content (AvgIpc) is 2.82. The van der Waals surface area contributed by atoms with Gasteiger partial charge in [-0.3, -0.25) is 9.59 Å². The minimum atomic E-state index is -3.77. The third kappa shape index (κ3) is 5.82. The van der Waals surface area contributed by atoms with Crippen LogP contribution >= 0.6 is 0 Å². The molecule has 7 nitrogen and oxygen atoms in total. The molecule has 0 aliphatic rings. The van der Waals surface area contributed by atoms with Gasteiger partial charge in [0.2, 0.25) is 10.0 Å². The zero-order valence-electron chi connectivity index (χ0n) is 17.0. The molecule has 0 radical (unpaired) electrons. The molecule has 0 aliphatic carbocycles. The Bertz CT molecular complexity index is 1220. The first-order valence-electron chi connectivity index (χ1n) is 9.65. The van der Waals surface area contributed by atoms with E-state index in [-0.39, 0.29) is 17.0 Å². The van der Waals surface area contributed by atoms with Gasteiger partial charge in [0, 0.05) is 11.3 Å². The van der Waals surface area contributed by atoms with Crippen LogP contribution in [0.3, 0.4) is 0 Å². The molecule has 0 aromatic heterocycles. The van der Waals surface area contributed by atoms with Crippen LogP contribution in [-0.2, 0) is 14.8 Å². The van der Waals surface area contributed by atoms with E-state index in [1.165, 1.54) is 24.3 Å². The molecule has 0 bridgehead atoms. The second kappa shape index (κ2) is 10.4. The highest BCUT2D eigenvalue weighted by Crippen LogP contribution is 2.18. The highest BCUT2D eigenvalue weighted by molar-refractivity contribution is 7.89. The van der Waals surface area contributed by atoms with E-state index < -0.39 is 27.9 Å². The number of rotatable bonds is 8. The zero-order valence-corrected chi connectivity index (χ0v) is 17.8. The summed E-state index contributed by atoms with van der Waals surface area (Å²) in [7, 11) is -3.77. The summed E-state index contributed by atoms with van der Waals surface area (Å²) < 4.78 is 26.5. The number of hydrogen-bond donors (Lipinski definition) is 3. The van der Waals surface area contributed by atoms with Crippen LogP contribution in [-0.4, -0.2) is 26.8 Å². The lowest BCUT2D eigenvalue weighted by Gasteiger charge is -2.19. The summed E-state index contributed by atoms with van der Waals surface area (Å²) in [5, 5.41) is 5.51. The van der Waals surface area contributed by atoms with Gasteiger partial charge in [0.1, 0.15) is 6.04 Å². The molecule has 0 saturated heterocycles. The second-order valence-corrected chi connectivity index (χ2v) is 8.49. The fraction of sp³-hybridized carbons (Fsp3) is 0.0833. The summed E-state index contributed by atoms with van der Waals surface area (Å²) >= 11 is 0. The number of nitrogens with one attached hydrogen (secondary N) is 3. The molecule has 0 fully saturated rings. The Hall–Kier alpha value is -3.93. The lowest BCUT2D eigenvalue weighted by Crippen LogP contribution is -2.37. The number of para-hydroxylation sites is 1. The maximum atomic E-state index is 12.9. The fourth-order valence-corrected chi connectivity index (χ4v) is 3.84. The standard InChI is InChI=1S/C24H21N3O4S/c1-2-17-25-32(30,31)21-15-13-19(14-16-21)23(28)27-22(18-9-5-3-6-10-18)24(29)26-20-11-7-4-8-12-20/h1,3-16,22,25H,17H2,(H,26,29)(H,27,28)/t22-/m1/s1. The van der Waals surface area contributed by atoms with E-state index >= 15 is 0 Å². The van der Waals surface area contributed by atoms with Crippen molar-refractivity contribution in [2.45, 2.75) is 10.9 Å². The van der Waals surface area contributed by atoms with Gasteiger partial charge in [0.15, 0.2) is 0 Å². The lowest BCUT2D eigenvalue weighted by atomic mass is 10.1. The van der Waals surface area contributed by atoms with Crippen molar-refractivity contribution < 1.29 is 18.0 Å². The Balaban J connectivity index is 1.79. The Kier molecular flexibility index (Phi) is 7.39. The molecule has 2 amide bonds. The molecule has 8 heteroatoms. The number of anilines is 1. The van der Waals surface area contributed by atoms with Crippen molar-refractivity contribution in [3.63, 3.8) is 0 Å². The Morgan fingerprint density at radius 1 is 0.875 bits per heavy atom. The molecular formula is C24H21N3O4S. The van der Waals surface area contributed by atoms with Crippen LogP contribution in [0.2, 0.25) is 0 Å². The molecule has 162 valence electrons. The quantitative estimate of drug-likeness (QED) is 0.462. The van der Waals surface area contributed by atoms with Gasteiger partial charge in [-0.1, -0.05) is 54.5 Å². The summed E-state index contributed by atoms with van der Waals surface area (Å²) in [6.07, 6.45) is 5.08. The Morgan fingerprint density at radius 3 is 2.06 bits per heavy atom. The van der Waals surface area contributed by atoms with E-state index in [1.807, 2.05) is 12.1 Å². The molecule has 1 atom stereocenters. The summed E-state index contributed by atoms with van der Waals surface area (Å²) in [6.45, 7) is -0.139. The van der Waals surface area contributed by atoms with E-state index in [2.05, 4.69) is 21.3 Å². The smallest absolute Gasteiger partial charge is 0.252 e. The van der Waals surface area contributed by atoms with Crippen LogP contribution in [0.25, 0.3) is 0 Å². The van der Waals surface area contributed by atoms with Gasteiger partial charge in [0.05, 0.1) is 11.4 Å². The van der Waals surface area contributed by atoms with E-state index in [4.69, 9.17) is 6.42 Å². The third-order valence-electron chi connectivity index (χ3n) is 4.50. The number of terminal acetylenes is 1. The van der Waals surface area contributed by atoms with Crippen LogP contribution in [0.5, 0.6) is 0 Å². The van der Waals surface area contributed by atoms with E-state index in [0.717, 1.165) is 0 Å². The number of carbonyl (C=O) groups is 2. The van der Waals surface area contributed by atoms with Gasteiger partial charge in [-0.15, -0.1) is 6.42 Å². The summed E-state index contributed by atoms with van der Waals surface area (Å²) in [6, 6.07) is 22.1. The Labute approximate surface area is 186 Å². The van der Waals surface area contributed by atoms with Gasteiger partial charge in [-0.2, -0.15) is 4.72 Å². The Morgan fingerprint density at radius 2 is 1.47 bits per heavy atom. The largest absolute Gasteiger partial charge is 0.336 e. The van der Waals surface area contributed by atoms with Crippen molar-refractivity contribution in [3.05, 3.63) is 96.1 Å². The normalized spacial score (nSPS) is 11.7. The maximum absolute atomic E-state index is 12.9. The van der Waals surface area contributed by atoms with Gasteiger partial charge in [-0.05, 0) is 42.0 Å². The van der Waals surface area contributed by atoms with Crippen molar-refractivity contribution in [1.29, 1.82) is 0 Å². The van der Waals surface area contributed by atoms with Crippen LogP contribution in [0, 0.1) is 12.3 Å². The monoisotopic (exact) mass is 447 g/mol. The molecule has 0 unspecified atom stereocenters. The summed E-state index contributed by atoms with van der Waals surface area (Å²) in [5.74, 6) is 1.26. The summed E-state index contributed by atoms with van der Waals surface area (Å²) in [4.78, 5) is 25.7. The number of carbonyl (C=O) groups excluding carboxylic acids is 2. The molecule has 0 heterocycles. The average molecular weight is 448 g/mol. The van der Waals surface area contributed by atoms with E-state index in [1.54, 1.807) is 48.5 Å². The molecule has 32 heavy (non-hydrogen) atoms. The lowest BCUT2D eigenvalue weighted by molar-refractivity contribution is -0.118. The molecular weight excluding hydrogens is 426 g/mol. The zero-order chi connectivity index (χ0) is 23.0. The molecule has 3 rings (SSSR count). The predicted octanol–water partition coefficient (Wildman–Crippen LogP) is 2.71. The highest BCUT2D eigenvalue weighted by Gasteiger charge is 2.24. The van der Waals surface area contributed by atoms with Crippen LogP contribution < -0.4 is 15.4 Å². The van der Waals surface area contributed by atoms with Crippen LogP contribution in [0.1, 0.15) is 22.0 Å². The predicted molar refractivity (Wildman–Crippen MR) is 122 cm³/mol. The number of hydrogen-bond acceptors (Lipinski definition) is 4. The van der Waals surface area contributed by atoms with Gasteiger partial charge in [0.25, 0.3) is 11.8 Å². The topological polar surface area (TPSA) is 104 Å². The molecule has 0 saturated carbocycles. The molecule has 3 N–H and O–H groups in total. The SMILES string of the molecule is C#CCNS(=O)(=O)c1ccc(C(=O)N[C@@H](C(=O)Nc2ccccc2)c2ccccc2)cc1. The first-order valence-corrected chi connectivity index (χ1v) is 11.1. The second-order valence-electron chi connectivity index (χ2n) is 6.73. The minimum Gasteiger partial charge on any atom is -0.336 e. The maximum Gasteiger partial charge on any atom is 0.252 e. The third-order valence-corrected chi connectivity index (χ3v) is 5.92. The first kappa shape index (κ1) is 22.7. The van der Waals surface area contributed by atoms with Crippen molar-refractivity contribution >= 4 is 27.5 Å². The fourth-order valence-electron chi connectivity index (χ4n) is 2.90. The number of sulfonamides is 1. The van der Waals surface area contributed by atoms with Crippen LogP contribution in [0.4, 0.5) is 5.69 Å². The summed E-state index contributed by atoms with van der Waals surface area (Å²) in [5.41, 5.74) is 1.41. The molecule has 3 aromatic carbocycles. The van der Waals surface area contributed by atoms with Crippen LogP contribution in [0.15, 0.2) is 89.8 Å². The first-order chi connectivity index (χ1) is 15.4. The van der Waals surface area contributed by atoms with Crippen molar-refractivity contribution in [2.24, 2.45) is 0 Å². The van der Waals surface area contributed by atoms with Crippen molar-refractivity contribution in [3.8, 4) is 12.3 Å². The van der Waals surface area contributed by atoms with Gasteiger partial charge < -0.3 is 10.6 Å². The number of amides is 2. The molecule has 0 aliphatic heterocycles. The van der Waals surface area contributed by atoms with Crippen molar-refractivity contribution in [2.75, 3.05) is 11.9 Å². The van der Waals surface area contributed by atoms with Gasteiger partial charge >= 0.3 is 0 Å².